The Balaban J connectivity index is 4.09. The van der Waals surface area contributed by atoms with E-state index in [1.165, 1.54) is 0 Å². The van der Waals surface area contributed by atoms with Crippen molar-refractivity contribution in [3.05, 3.63) is 0 Å². The lowest BCUT2D eigenvalue weighted by atomic mass is 10.3. The molecule has 92 valence electrons. The van der Waals surface area contributed by atoms with E-state index in [1.54, 1.807) is 0 Å². The monoisotopic (exact) mass is 262 g/mol. The van der Waals surface area contributed by atoms with Crippen molar-refractivity contribution in [2.45, 2.75) is 26.2 Å². The average Bonchev–Trinajstić information content (AvgIpc) is 2.10. The average molecular weight is 262 g/mol. The SMILES string of the molecule is CCCCCOP(=O)(OC)OP(=O)(O)O. The molecule has 0 aromatic heterocycles. The van der Waals surface area contributed by atoms with Crippen LogP contribution in [-0.2, 0) is 22.5 Å². The van der Waals surface area contributed by atoms with Crippen LogP contribution in [0.5, 0.6) is 0 Å². The number of hydrogen-bond donors (Lipinski definition) is 2. The summed E-state index contributed by atoms with van der Waals surface area (Å²) in [5.41, 5.74) is 0. The van der Waals surface area contributed by atoms with Crippen LogP contribution in [0.2, 0.25) is 0 Å². The van der Waals surface area contributed by atoms with Gasteiger partial charge >= 0.3 is 15.6 Å². The van der Waals surface area contributed by atoms with Crippen molar-refractivity contribution in [1.29, 1.82) is 0 Å². The molecule has 9 heteroatoms. The minimum Gasteiger partial charge on any atom is -0.302 e. The van der Waals surface area contributed by atoms with Gasteiger partial charge in [-0.1, -0.05) is 19.8 Å². The van der Waals surface area contributed by atoms with Crippen LogP contribution in [0.25, 0.3) is 0 Å². The molecule has 1 unspecified atom stereocenters. The highest BCUT2D eigenvalue weighted by atomic mass is 31.3. The zero-order valence-corrected chi connectivity index (χ0v) is 10.4. The lowest BCUT2D eigenvalue weighted by Crippen LogP contribution is -1.98. The Hall–Kier alpha value is 0.260. The lowest BCUT2D eigenvalue weighted by molar-refractivity contribution is 0.157. The van der Waals surface area contributed by atoms with Crippen LogP contribution in [0.3, 0.4) is 0 Å². The summed E-state index contributed by atoms with van der Waals surface area (Å²) in [5, 5.41) is 0. The second-order valence-electron chi connectivity index (χ2n) is 2.74. The molecule has 0 bridgehead atoms. The molecule has 0 rings (SSSR count). The van der Waals surface area contributed by atoms with E-state index >= 15 is 0 Å². The third-order valence-electron chi connectivity index (χ3n) is 1.43. The Morgan fingerprint density at radius 2 is 1.80 bits per heavy atom. The predicted octanol–water partition coefficient (Wildman–Crippen LogP) is 2.06. The highest BCUT2D eigenvalue weighted by Gasteiger charge is 2.34. The van der Waals surface area contributed by atoms with Gasteiger partial charge in [-0.05, 0) is 6.42 Å². The zero-order valence-electron chi connectivity index (χ0n) is 8.66. The highest BCUT2D eigenvalue weighted by molar-refractivity contribution is 7.61. The topological polar surface area (TPSA) is 102 Å². The molecule has 0 aliphatic heterocycles. The Morgan fingerprint density at radius 3 is 2.20 bits per heavy atom. The van der Waals surface area contributed by atoms with Crippen LogP contribution in [-0.4, -0.2) is 23.5 Å². The van der Waals surface area contributed by atoms with E-state index < -0.39 is 15.6 Å². The molecule has 0 aromatic rings. The van der Waals surface area contributed by atoms with Gasteiger partial charge in [-0.3, -0.25) is 9.05 Å². The first-order chi connectivity index (χ1) is 6.83. The fourth-order valence-electron chi connectivity index (χ4n) is 0.768. The first-order valence-corrected chi connectivity index (χ1v) is 7.39. The Morgan fingerprint density at radius 1 is 1.20 bits per heavy atom. The lowest BCUT2D eigenvalue weighted by Gasteiger charge is -2.15. The van der Waals surface area contributed by atoms with Crippen molar-refractivity contribution in [3.8, 4) is 0 Å². The molecule has 0 saturated heterocycles. The van der Waals surface area contributed by atoms with Gasteiger partial charge in [0.1, 0.15) is 0 Å². The summed E-state index contributed by atoms with van der Waals surface area (Å²) in [6.45, 7) is 2.04. The summed E-state index contributed by atoms with van der Waals surface area (Å²) >= 11 is 0. The molecule has 0 saturated carbocycles. The predicted molar refractivity (Wildman–Crippen MR) is 53.2 cm³/mol. The first-order valence-electron chi connectivity index (χ1n) is 4.40. The van der Waals surface area contributed by atoms with E-state index in [9.17, 15) is 9.13 Å². The number of hydrogen-bond acceptors (Lipinski definition) is 5. The summed E-state index contributed by atoms with van der Waals surface area (Å²) in [6.07, 6.45) is 2.42. The van der Waals surface area contributed by atoms with Crippen LogP contribution < -0.4 is 0 Å². The molecule has 15 heavy (non-hydrogen) atoms. The van der Waals surface area contributed by atoms with E-state index in [1.807, 2.05) is 6.92 Å². The molecule has 0 spiro atoms. The van der Waals surface area contributed by atoms with Crippen molar-refractivity contribution in [2.24, 2.45) is 0 Å². The molecule has 0 fully saturated rings. The van der Waals surface area contributed by atoms with Crippen LogP contribution in [0.15, 0.2) is 0 Å². The number of phosphoric ester groups is 1. The van der Waals surface area contributed by atoms with E-state index in [-0.39, 0.29) is 6.61 Å². The molecular weight excluding hydrogens is 246 g/mol. The third-order valence-corrected chi connectivity index (χ3v) is 4.02. The van der Waals surface area contributed by atoms with Crippen LogP contribution in [0.4, 0.5) is 0 Å². The maximum Gasteiger partial charge on any atom is 0.483 e. The van der Waals surface area contributed by atoms with Crippen LogP contribution >= 0.6 is 15.6 Å². The summed E-state index contributed by atoms with van der Waals surface area (Å²) in [5.74, 6) is 0. The van der Waals surface area contributed by atoms with Crippen molar-refractivity contribution in [1.82, 2.24) is 0 Å². The van der Waals surface area contributed by atoms with Crippen LogP contribution in [0, 0.1) is 0 Å². The summed E-state index contributed by atoms with van der Waals surface area (Å²) < 4.78 is 34.8. The highest BCUT2D eigenvalue weighted by Crippen LogP contribution is 2.60. The smallest absolute Gasteiger partial charge is 0.302 e. The van der Waals surface area contributed by atoms with Crippen molar-refractivity contribution < 1.29 is 32.3 Å². The molecule has 0 aliphatic carbocycles. The van der Waals surface area contributed by atoms with Gasteiger partial charge in [0.25, 0.3) is 0 Å². The standard InChI is InChI=1S/C6H16O7P2/c1-3-4-5-6-12-15(10,11-2)13-14(7,8)9/h3-6H2,1-2H3,(H2,7,8,9). The summed E-state index contributed by atoms with van der Waals surface area (Å²) in [4.78, 5) is 16.9. The van der Waals surface area contributed by atoms with Gasteiger partial charge in [0.2, 0.25) is 0 Å². The molecule has 0 aliphatic rings. The van der Waals surface area contributed by atoms with Crippen molar-refractivity contribution >= 4 is 15.6 Å². The van der Waals surface area contributed by atoms with Gasteiger partial charge in [0, 0.05) is 7.11 Å². The fraction of sp³-hybridized carbons (Fsp3) is 1.00. The van der Waals surface area contributed by atoms with Gasteiger partial charge in [0.15, 0.2) is 0 Å². The summed E-state index contributed by atoms with van der Waals surface area (Å²) in [6, 6.07) is 0. The van der Waals surface area contributed by atoms with Gasteiger partial charge in [0.05, 0.1) is 6.61 Å². The number of rotatable bonds is 8. The molecule has 0 heterocycles. The maximum atomic E-state index is 11.4. The minimum atomic E-state index is -4.87. The first kappa shape index (κ1) is 15.3. The Labute approximate surface area is 88.6 Å². The molecule has 0 aromatic carbocycles. The Kier molecular flexibility index (Phi) is 6.88. The van der Waals surface area contributed by atoms with Crippen molar-refractivity contribution in [2.75, 3.05) is 13.7 Å². The zero-order chi connectivity index (χ0) is 11.9. The largest absolute Gasteiger partial charge is 0.483 e. The van der Waals surface area contributed by atoms with Gasteiger partial charge in [-0.2, -0.15) is 4.31 Å². The minimum absolute atomic E-state index is 0.0684. The summed E-state index contributed by atoms with van der Waals surface area (Å²) in [7, 11) is -8.00. The molecule has 7 nitrogen and oxygen atoms in total. The quantitative estimate of drug-likeness (QED) is 0.509. The number of phosphoric acid groups is 2. The second kappa shape index (κ2) is 6.76. The van der Waals surface area contributed by atoms with Gasteiger partial charge in [-0.25, -0.2) is 9.13 Å². The fourth-order valence-corrected chi connectivity index (χ4v) is 2.72. The molecule has 0 amide bonds. The Bertz CT molecular complexity index is 260. The van der Waals surface area contributed by atoms with Gasteiger partial charge in [-0.15, -0.1) is 0 Å². The maximum absolute atomic E-state index is 11.4. The number of unbranched alkanes of at least 4 members (excludes halogenated alkanes) is 2. The normalized spacial score (nSPS) is 16.3. The molecule has 2 N–H and O–H groups in total. The van der Waals surface area contributed by atoms with Crippen LogP contribution in [0.1, 0.15) is 26.2 Å². The van der Waals surface area contributed by atoms with E-state index in [2.05, 4.69) is 13.4 Å². The van der Waals surface area contributed by atoms with E-state index in [0.717, 1.165) is 20.0 Å². The molecule has 1 atom stereocenters. The second-order valence-corrected chi connectivity index (χ2v) is 5.89. The third kappa shape index (κ3) is 8.11. The van der Waals surface area contributed by atoms with E-state index in [0.29, 0.717) is 6.42 Å². The molecule has 0 radical (unpaired) electrons. The van der Waals surface area contributed by atoms with E-state index in [4.69, 9.17) is 9.79 Å². The van der Waals surface area contributed by atoms with Crippen molar-refractivity contribution in [3.63, 3.8) is 0 Å². The van der Waals surface area contributed by atoms with Gasteiger partial charge < -0.3 is 9.79 Å². The molecular formula is C6H16O7P2.